The van der Waals surface area contributed by atoms with E-state index in [0.29, 0.717) is 18.7 Å². The maximum absolute atomic E-state index is 11.7. The van der Waals surface area contributed by atoms with E-state index < -0.39 is 4.92 Å². The van der Waals surface area contributed by atoms with E-state index in [1.165, 1.54) is 0 Å². The number of hydrogen-bond acceptors (Lipinski definition) is 4. The van der Waals surface area contributed by atoms with Crippen LogP contribution in [0.2, 0.25) is 0 Å². The van der Waals surface area contributed by atoms with Crippen LogP contribution in [0.3, 0.4) is 0 Å². The number of non-ortho nitro benzene ring substituents is 1. The average molecular weight is 258 g/mol. The van der Waals surface area contributed by atoms with E-state index >= 15 is 0 Å². The minimum atomic E-state index is -0.602. The molecule has 5 nitrogen and oxygen atoms in total. The SMILES string of the molecule is O=C(CCCCCl)c1cc([N+](=O)[O-])ccc1O. The van der Waals surface area contributed by atoms with Crippen molar-refractivity contribution in [1.82, 2.24) is 0 Å². The van der Waals surface area contributed by atoms with Crippen LogP contribution in [0, 0.1) is 10.1 Å². The number of halogens is 1. The molecule has 0 saturated heterocycles. The number of unbranched alkanes of at least 4 members (excludes halogenated alkanes) is 1. The van der Waals surface area contributed by atoms with Gasteiger partial charge in [0.1, 0.15) is 5.75 Å². The molecule has 1 aromatic carbocycles. The number of nitro groups is 1. The third-order valence-corrected chi connectivity index (χ3v) is 2.55. The number of hydrogen-bond donors (Lipinski definition) is 1. The van der Waals surface area contributed by atoms with Gasteiger partial charge in [-0.25, -0.2) is 0 Å². The number of carbonyl (C=O) groups excluding carboxylic acids is 1. The number of Topliss-reactive ketones (excluding diaryl/α,β-unsaturated/α-hetero) is 1. The highest BCUT2D eigenvalue weighted by atomic mass is 35.5. The van der Waals surface area contributed by atoms with E-state index in [1.807, 2.05) is 0 Å². The Morgan fingerprint density at radius 2 is 2.12 bits per heavy atom. The van der Waals surface area contributed by atoms with Crippen LogP contribution in [-0.4, -0.2) is 21.7 Å². The third-order valence-electron chi connectivity index (χ3n) is 2.28. The van der Waals surface area contributed by atoms with Crippen molar-refractivity contribution >= 4 is 23.1 Å². The summed E-state index contributed by atoms with van der Waals surface area (Å²) in [6.45, 7) is 0. The quantitative estimate of drug-likeness (QED) is 0.279. The number of nitro benzene ring substituents is 1. The number of rotatable bonds is 6. The van der Waals surface area contributed by atoms with E-state index in [9.17, 15) is 20.0 Å². The first-order chi connectivity index (χ1) is 8.06. The molecule has 0 atom stereocenters. The van der Waals surface area contributed by atoms with Crippen LogP contribution in [0.4, 0.5) is 5.69 Å². The zero-order valence-corrected chi connectivity index (χ0v) is 9.81. The minimum absolute atomic E-state index is 0.00577. The van der Waals surface area contributed by atoms with Crippen LogP contribution in [0.1, 0.15) is 29.6 Å². The number of ketones is 1. The van der Waals surface area contributed by atoms with Gasteiger partial charge in [0, 0.05) is 24.4 Å². The minimum Gasteiger partial charge on any atom is -0.507 e. The normalized spacial score (nSPS) is 10.2. The lowest BCUT2D eigenvalue weighted by molar-refractivity contribution is -0.384. The highest BCUT2D eigenvalue weighted by Crippen LogP contribution is 2.24. The van der Waals surface area contributed by atoms with Crippen LogP contribution in [-0.2, 0) is 0 Å². The molecule has 6 heteroatoms. The second-order valence-electron chi connectivity index (χ2n) is 3.53. The fourth-order valence-corrected chi connectivity index (χ4v) is 1.56. The fraction of sp³-hybridized carbons (Fsp3) is 0.364. The highest BCUT2D eigenvalue weighted by molar-refractivity contribution is 6.17. The lowest BCUT2D eigenvalue weighted by atomic mass is 10.0. The van der Waals surface area contributed by atoms with Crippen molar-refractivity contribution < 1.29 is 14.8 Å². The lowest BCUT2D eigenvalue weighted by Gasteiger charge is -2.03. The Labute approximate surface area is 103 Å². The molecular weight excluding hydrogens is 246 g/mol. The van der Waals surface area contributed by atoms with Gasteiger partial charge >= 0.3 is 0 Å². The van der Waals surface area contributed by atoms with Gasteiger partial charge in [-0.2, -0.15) is 0 Å². The Morgan fingerprint density at radius 1 is 1.41 bits per heavy atom. The molecule has 0 bridgehead atoms. The Hall–Kier alpha value is -1.62. The fourth-order valence-electron chi connectivity index (χ4n) is 1.38. The summed E-state index contributed by atoms with van der Waals surface area (Å²) in [5, 5.41) is 20.0. The number of benzene rings is 1. The van der Waals surface area contributed by atoms with Crippen molar-refractivity contribution in [3.8, 4) is 5.75 Å². The molecule has 0 amide bonds. The first kappa shape index (κ1) is 13.4. The Balaban J connectivity index is 2.84. The molecule has 0 spiro atoms. The van der Waals surface area contributed by atoms with E-state index in [0.717, 1.165) is 18.2 Å². The zero-order valence-electron chi connectivity index (χ0n) is 9.06. The summed E-state index contributed by atoms with van der Waals surface area (Å²) in [7, 11) is 0. The molecule has 1 rings (SSSR count). The predicted molar refractivity (Wildman–Crippen MR) is 63.7 cm³/mol. The van der Waals surface area contributed by atoms with Crippen molar-refractivity contribution in [3.63, 3.8) is 0 Å². The largest absolute Gasteiger partial charge is 0.507 e. The van der Waals surface area contributed by atoms with Gasteiger partial charge < -0.3 is 5.11 Å². The van der Waals surface area contributed by atoms with Crippen LogP contribution in [0.25, 0.3) is 0 Å². The first-order valence-electron chi connectivity index (χ1n) is 5.13. The summed E-state index contributed by atoms with van der Waals surface area (Å²) in [5.41, 5.74) is -0.211. The molecule has 0 saturated carbocycles. The van der Waals surface area contributed by atoms with E-state index in [-0.39, 0.29) is 29.2 Å². The molecule has 0 aliphatic rings. The molecule has 0 fully saturated rings. The average Bonchev–Trinajstić information content (AvgIpc) is 2.29. The van der Waals surface area contributed by atoms with E-state index in [1.54, 1.807) is 0 Å². The summed E-state index contributed by atoms with van der Waals surface area (Å²) >= 11 is 5.48. The molecule has 0 heterocycles. The lowest BCUT2D eigenvalue weighted by Crippen LogP contribution is -2.01. The summed E-state index contributed by atoms with van der Waals surface area (Å²) < 4.78 is 0. The Bertz CT molecular complexity index is 433. The van der Waals surface area contributed by atoms with Crippen molar-refractivity contribution in [1.29, 1.82) is 0 Å². The van der Waals surface area contributed by atoms with Gasteiger partial charge in [-0.15, -0.1) is 11.6 Å². The summed E-state index contributed by atoms with van der Waals surface area (Å²) in [4.78, 5) is 21.6. The van der Waals surface area contributed by atoms with Gasteiger partial charge in [-0.1, -0.05) is 0 Å². The van der Waals surface area contributed by atoms with Gasteiger partial charge in [0.05, 0.1) is 10.5 Å². The summed E-state index contributed by atoms with van der Waals surface area (Å²) in [6, 6.07) is 3.41. The van der Waals surface area contributed by atoms with Crippen LogP contribution in [0.15, 0.2) is 18.2 Å². The van der Waals surface area contributed by atoms with Crippen molar-refractivity contribution in [2.75, 3.05) is 5.88 Å². The van der Waals surface area contributed by atoms with Gasteiger partial charge in [-0.05, 0) is 18.9 Å². The van der Waals surface area contributed by atoms with Gasteiger partial charge in [0.2, 0.25) is 0 Å². The summed E-state index contributed by atoms with van der Waals surface area (Å²) in [5.74, 6) is -0.0726. The Morgan fingerprint density at radius 3 is 2.71 bits per heavy atom. The van der Waals surface area contributed by atoms with Crippen molar-refractivity contribution in [2.24, 2.45) is 0 Å². The van der Waals surface area contributed by atoms with Gasteiger partial charge in [0.25, 0.3) is 5.69 Å². The molecule has 0 aliphatic carbocycles. The monoisotopic (exact) mass is 257 g/mol. The number of aromatic hydroxyl groups is 1. The number of phenols is 1. The topological polar surface area (TPSA) is 80.4 Å². The number of phenolic OH excluding ortho intramolecular Hbond substituents is 1. The number of nitrogens with zero attached hydrogens (tertiary/aromatic N) is 1. The maximum atomic E-state index is 11.7. The van der Waals surface area contributed by atoms with Crippen LogP contribution < -0.4 is 0 Å². The molecule has 1 aromatic rings. The van der Waals surface area contributed by atoms with Crippen molar-refractivity contribution in [2.45, 2.75) is 19.3 Å². The van der Waals surface area contributed by atoms with Crippen LogP contribution >= 0.6 is 11.6 Å². The third kappa shape index (κ3) is 3.71. The predicted octanol–water partition coefficient (Wildman–Crippen LogP) is 2.89. The molecule has 17 heavy (non-hydrogen) atoms. The smallest absolute Gasteiger partial charge is 0.270 e. The van der Waals surface area contributed by atoms with E-state index in [4.69, 9.17) is 11.6 Å². The van der Waals surface area contributed by atoms with E-state index in [2.05, 4.69) is 0 Å². The summed E-state index contributed by atoms with van der Waals surface area (Å²) in [6.07, 6.45) is 1.52. The number of alkyl halides is 1. The molecule has 0 aromatic heterocycles. The molecule has 0 radical (unpaired) electrons. The van der Waals surface area contributed by atoms with Gasteiger partial charge in [-0.3, -0.25) is 14.9 Å². The second kappa shape index (κ2) is 6.20. The standard InChI is InChI=1S/C11H12ClNO4/c12-6-2-1-3-10(14)9-7-8(13(16)17)4-5-11(9)15/h4-5,7,15H,1-3,6H2. The zero-order chi connectivity index (χ0) is 12.8. The second-order valence-corrected chi connectivity index (χ2v) is 3.91. The Kier molecular flexibility index (Phi) is 4.90. The van der Waals surface area contributed by atoms with Crippen LogP contribution in [0.5, 0.6) is 5.75 Å². The molecular formula is C11H12ClNO4. The van der Waals surface area contributed by atoms with Crippen molar-refractivity contribution in [3.05, 3.63) is 33.9 Å². The molecule has 0 unspecified atom stereocenters. The molecule has 92 valence electrons. The molecule has 0 aliphatic heterocycles. The first-order valence-corrected chi connectivity index (χ1v) is 5.66. The highest BCUT2D eigenvalue weighted by Gasteiger charge is 2.15. The molecule has 1 N–H and O–H groups in total. The van der Waals surface area contributed by atoms with Gasteiger partial charge in [0.15, 0.2) is 5.78 Å². The maximum Gasteiger partial charge on any atom is 0.270 e. The number of carbonyl (C=O) groups is 1.